The molecule has 1 N–H and O–H groups in total. The molecule has 1 saturated carbocycles. The first-order valence-corrected chi connectivity index (χ1v) is 14.9. The lowest BCUT2D eigenvalue weighted by molar-refractivity contribution is -0.138. The normalized spacial score (nSPS) is 22.2. The third-order valence-corrected chi connectivity index (χ3v) is 9.35. The van der Waals surface area contributed by atoms with Crippen molar-refractivity contribution in [2.24, 2.45) is 5.92 Å². The molecular weight excluding hydrogens is 510 g/mol. The summed E-state index contributed by atoms with van der Waals surface area (Å²) in [7, 11) is 0. The summed E-state index contributed by atoms with van der Waals surface area (Å²) in [6, 6.07) is 13.4. The number of nitrogens with zero attached hydrogens (tertiary/aromatic N) is 2. The second kappa shape index (κ2) is 10.9. The highest BCUT2D eigenvalue weighted by Crippen LogP contribution is 2.34. The molecule has 2 saturated heterocycles. The lowest BCUT2D eigenvalue weighted by atomic mass is 9.84. The number of thiophene rings is 1. The van der Waals surface area contributed by atoms with Gasteiger partial charge in [0.05, 0.1) is 18.2 Å². The molecule has 3 heterocycles. The highest BCUT2D eigenvalue weighted by atomic mass is 32.1. The van der Waals surface area contributed by atoms with Crippen molar-refractivity contribution >= 4 is 45.6 Å². The average Bonchev–Trinajstić information content (AvgIpc) is 3.72. The number of carbonyl (C=O) groups excluding carboxylic acids is 4. The van der Waals surface area contributed by atoms with Gasteiger partial charge in [0.25, 0.3) is 11.8 Å². The quantitative estimate of drug-likeness (QED) is 0.490. The molecule has 3 amide bonds. The smallest absolute Gasteiger partial charge is 0.255 e. The second-order valence-electron chi connectivity index (χ2n) is 11.0. The minimum Gasteiger partial charge on any atom is -0.340 e. The Morgan fingerprint density at radius 2 is 1.74 bits per heavy atom. The van der Waals surface area contributed by atoms with E-state index in [1.807, 2.05) is 41.8 Å². The maximum Gasteiger partial charge on any atom is 0.255 e. The zero-order valence-corrected chi connectivity index (χ0v) is 22.7. The number of carbonyl (C=O) groups is 4. The van der Waals surface area contributed by atoms with Crippen molar-refractivity contribution in [1.29, 1.82) is 0 Å². The van der Waals surface area contributed by atoms with E-state index in [-0.39, 0.29) is 36.1 Å². The molecule has 1 aliphatic carbocycles. The van der Waals surface area contributed by atoms with Crippen LogP contribution in [0.5, 0.6) is 0 Å². The molecule has 2 aromatic carbocycles. The third-order valence-electron chi connectivity index (χ3n) is 8.67. The third kappa shape index (κ3) is 4.98. The maximum absolute atomic E-state index is 14.0. The van der Waals surface area contributed by atoms with Crippen LogP contribution in [-0.4, -0.2) is 64.5 Å². The molecular formula is C31H33N3O4S. The molecule has 3 fully saturated rings. The zero-order valence-electron chi connectivity index (χ0n) is 21.9. The van der Waals surface area contributed by atoms with Crippen LogP contribution in [0.15, 0.2) is 59.3 Å². The van der Waals surface area contributed by atoms with Gasteiger partial charge in [-0.05, 0) is 47.0 Å². The van der Waals surface area contributed by atoms with E-state index in [0.717, 1.165) is 36.5 Å². The van der Waals surface area contributed by atoms with Crippen LogP contribution in [0.1, 0.15) is 65.7 Å². The van der Waals surface area contributed by atoms with E-state index in [2.05, 4.69) is 5.32 Å². The highest BCUT2D eigenvalue weighted by molar-refractivity contribution is 7.08. The minimum atomic E-state index is -0.685. The number of fused-ring (bicyclic) bond motifs is 2. The van der Waals surface area contributed by atoms with Crippen LogP contribution < -0.4 is 5.32 Å². The van der Waals surface area contributed by atoms with Crippen LogP contribution in [0.2, 0.25) is 0 Å². The number of amides is 3. The van der Waals surface area contributed by atoms with Crippen LogP contribution in [0.25, 0.3) is 10.8 Å². The summed E-state index contributed by atoms with van der Waals surface area (Å²) in [5.41, 5.74) is 1.12. The Morgan fingerprint density at radius 1 is 0.949 bits per heavy atom. The molecule has 6 rings (SSSR count). The Morgan fingerprint density at radius 3 is 2.54 bits per heavy atom. The number of hydrogen-bond donors (Lipinski definition) is 1. The molecule has 0 unspecified atom stereocenters. The fourth-order valence-corrected chi connectivity index (χ4v) is 7.35. The predicted octanol–water partition coefficient (Wildman–Crippen LogP) is 4.66. The number of likely N-dealkylation sites (tertiary alicyclic amines) is 2. The van der Waals surface area contributed by atoms with Crippen molar-refractivity contribution in [3.8, 4) is 0 Å². The van der Waals surface area contributed by atoms with E-state index < -0.39 is 12.1 Å². The van der Waals surface area contributed by atoms with Gasteiger partial charge in [-0.3, -0.25) is 19.2 Å². The number of rotatable bonds is 6. The molecule has 3 aliphatic rings. The fraction of sp³-hybridized carbons (Fsp3) is 0.419. The molecule has 2 aliphatic heterocycles. The summed E-state index contributed by atoms with van der Waals surface area (Å²) in [5.74, 6) is -0.375. The van der Waals surface area contributed by atoms with E-state index >= 15 is 0 Å². The van der Waals surface area contributed by atoms with Crippen LogP contribution in [-0.2, 0) is 9.59 Å². The van der Waals surface area contributed by atoms with Gasteiger partial charge in [-0.2, -0.15) is 11.3 Å². The molecule has 39 heavy (non-hydrogen) atoms. The summed E-state index contributed by atoms with van der Waals surface area (Å²) < 4.78 is 0. The van der Waals surface area contributed by atoms with Crippen molar-refractivity contribution in [2.45, 2.75) is 63.1 Å². The van der Waals surface area contributed by atoms with E-state index in [1.165, 1.54) is 17.8 Å². The Kier molecular flexibility index (Phi) is 7.21. The summed E-state index contributed by atoms with van der Waals surface area (Å²) in [6.45, 7) is 0.393. The van der Waals surface area contributed by atoms with Crippen LogP contribution in [0.4, 0.5) is 0 Å². The van der Waals surface area contributed by atoms with Crippen LogP contribution in [0.3, 0.4) is 0 Å². The van der Waals surface area contributed by atoms with Crippen molar-refractivity contribution in [2.75, 3.05) is 13.1 Å². The van der Waals surface area contributed by atoms with Gasteiger partial charge in [0, 0.05) is 17.5 Å². The number of Topliss-reactive ketones (excluding diaryl/α,β-unsaturated/α-hetero) is 1. The fourth-order valence-electron chi connectivity index (χ4n) is 6.72. The van der Waals surface area contributed by atoms with Gasteiger partial charge in [0.1, 0.15) is 12.1 Å². The summed E-state index contributed by atoms with van der Waals surface area (Å²) in [4.78, 5) is 57.3. The molecule has 3 atom stereocenters. The topological polar surface area (TPSA) is 86.8 Å². The van der Waals surface area contributed by atoms with E-state index in [1.54, 1.807) is 27.3 Å². The van der Waals surface area contributed by atoms with Crippen molar-refractivity contribution in [3.63, 3.8) is 0 Å². The summed E-state index contributed by atoms with van der Waals surface area (Å²) in [5, 5.41) is 8.45. The molecule has 0 radical (unpaired) electrons. The lowest BCUT2D eigenvalue weighted by Crippen LogP contribution is -2.53. The molecule has 202 valence electrons. The van der Waals surface area contributed by atoms with Gasteiger partial charge < -0.3 is 15.1 Å². The molecule has 0 spiro atoms. The Hall–Kier alpha value is -3.52. The SMILES string of the molecule is O=C(N[C@@H](CC1CCCCC1)C(=O)N1CC[C@@H]2[C@H]1C(=O)CN2C(=O)c1cccc2ccccc12)c1ccsc1. The first-order chi connectivity index (χ1) is 19.0. The van der Waals surface area contributed by atoms with Gasteiger partial charge in [-0.1, -0.05) is 68.5 Å². The van der Waals surface area contributed by atoms with Crippen molar-refractivity contribution < 1.29 is 19.2 Å². The summed E-state index contributed by atoms with van der Waals surface area (Å²) in [6.07, 6.45) is 6.72. The van der Waals surface area contributed by atoms with Gasteiger partial charge in [0.15, 0.2) is 5.78 Å². The van der Waals surface area contributed by atoms with Crippen molar-refractivity contribution in [1.82, 2.24) is 15.1 Å². The maximum atomic E-state index is 14.0. The monoisotopic (exact) mass is 543 g/mol. The number of ketones is 1. The first kappa shape index (κ1) is 25.7. The standard InChI is InChI=1S/C31H33N3O4S/c35-27-18-34(30(37)24-12-6-10-21-9-4-5-11-23(21)24)26-13-15-33(28(26)27)31(38)25(17-20-7-2-1-3-8-20)32-29(36)22-14-16-39-19-22/h4-6,9-12,14,16,19-20,25-26,28H,1-3,7-8,13,15,17-18H2,(H,32,36)/t25-,26+,28-/m0/s1. The van der Waals surface area contributed by atoms with Gasteiger partial charge in [0.2, 0.25) is 5.91 Å². The van der Waals surface area contributed by atoms with E-state index in [0.29, 0.717) is 36.4 Å². The van der Waals surface area contributed by atoms with Gasteiger partial charge in [-0.25, -0.2) is 0 Å². The first-order valence-electron chi connectivity index (χ1n) is 14.0. The molecule has 1 aromatic heterocycles. The Balaban J connectivity index is 1.22. The van der Waals surface area contributed by atoms with E-state index in [9.17, 15) is 19.2 Å². The average molecular weight is 544 g/mol. The molecule has 7 nitrogen and oxygen atoms in total. The molecule has 3 aromatic rings. The zero-order chi connectivity index (χ0) is 26.9. The minimum absolute atomic E-state index is 0.00424. The second-order valence-corrected chi connectivity index (χ2v) is 11.8. The van der Waals surface area contributed by atoms with E-state index in [4.69, 9.17) is 0 Å². The van der Waals surface area contributed by atoms with Gasteiger partial charge in [-0.15, -0.1) is 0 Å². The highest BCUT2D eigenvalue weighted by Gasteiger charge is 2.52. The Labute approximate surface area is 232 Å². The Bertz CT molecular complexity index is 1390. The van der Waals surface area contributed by atoms with Crippen LogP contribution in [0, 0.1) is 5.92 Å². The molecule has 0 bridgehead atoms. The lowest BCUT2D eigenvalue weighted by Gasteiger charge is -2.31. The van der Waals surface area contributed by atoms with Crippen molar-refractivity contribution in [3.05, 3.63) is 70.4 Å². The number of benzene rings is 2. The number of nitrogens with one attached hydrogen (secondary N) is 1. The number of hydrogen-bond acceptors (Lipinski definition) is 5. The molecule has 8 heteroatoms. The van der Waals surface area contributed by atoms with Crippen LogP contribution >= 0.6 is 11.3 Å². The predicted molar refractivity (Wildman–Crippen MR) is 151 cm³/mol. The largest absolute Gasteiger partial charge is 0.340 e. The van der Waals surface area contributed by atoms with Gasteiger partial charge >= 0.3 is 0 Å². The summed E-state index contributed by atoms with van der Waals surface area (Å²) >= 11 is 1.44.